The molecular weight excluding hydrogens is 294 g/mol. The molecule has 1 aromatic rings. The van der Waals surface area contributed by atoms with Crippen molar-refractivity contribution in [3.8, 4) is 5.75 Å². The maximum Gasteiger partial charge on any atom is 0.525 e. The minimum absolute atomic E-state index is 0.242. The van der Waals surface area contributed by atoms with Crippen molar-refractivity contribution < 1.29 is 18.4 Å². The quantitative estimate of drug-likeness (QED) is 0.772. The van der Waals surface area contributed by atoms with Crippen molar-refractivity contribution in [2.75, 3.05) is 7.11 Å². The monoisotopic (exact) mass is 318 g/mol. The molecule has 0 spiro atoms. The lowest BCUT2D eigenvalue weighted by molar-refractivity contribution is 0.00578. The highest BCUT2D eigenvalue weighted by Crippen LogP contribution is 2.46. The molecule has 1 aromatic carbocycles. The summed E-state index contributed by atoms with van der Waals surface area (Å²) in [6, 6.07) is 7.99. The zero-order chi connectivity index (χ0) is 16.8. The Morgan fingerprint density at radius 2 is 1.61 bits per heavy atom. The highest BCUT2D eigenvalue weighted by molar-refractivity contribution is 6.53. The van der Waals surface area contributed by atoms with Crippen LogP contribution in [0.2, 0.25) is 0 Å². The fourth-order valence-electron chi connectivity index (χ4n) is 2.96. The summed E-state index contributed by atoms with van der Waals surface area (Å²) in [4.78, 5) is 0. The first-order valence-electron chi connectivity index (χ1n) is 8.10. The van der Waals surface area contributed by atoms with Crippen molar-refractivity contribution in [2.45, 2.75) is 57.7 Å². The molecular formula is C18H24BFO3. The van der Waals surface area contributed by atoms with E-state index in [2.05, 4.69) is 0 Å². The number of hydrogen-bond acceptors (Lipinski definition) is 3. The van der Waals surface area contributed by atoms with Crippen LogP contribution in [-0.2, 0) is 9.31 Å². The molecule has 1 aliphatic carbocycles. The van der Waals surface area contributed by atoms with Crippen LogP contribution in [0.25, 0.3) is 0 Å². The summed E-state index contributed by atoms with van der Waals surface area (Å²) < 4.78 is 31.4. The van der Waals surface area contributed by atoms with Crippen molar-refractivity contribution in [3.63, 3.8) is 0 Å². The van der Waals surface area contributed by atoms with E-state index in [1.165, 1.54) is 5.56 Å². The minimum Gasteiger partial charge on any atom is -0.497 e. The largest absolute Gasteiger partial charge is 0.525 e. The van der Waals surface area contributed by atoms with Gasteiger partial charge in [0.25, 0.3) is 0 Å². The van der Waals surface area contributed by atoms with Gasteiger partial charge in [-0.1, -0.05) is 12.1 Å². The van der Waals surface area contributed by atoms with Crippen LogP contribution in [0.3, 0.4) is 0 Å². The smallest absolute Gasteiger partial charge is 0.497 e. The Kier molecular flexibility index (Phi) is 4.05. The molecule has 0 bridgehead atoms. The number of ether oxygens (including phenoxy) is 1. The normalized spacial score (nSPS) is 25.2. The van der Waals surface area contributed by atoms with Crippen molar-refractivity contribution >= 4 is 7.12 Å². The molecule has 0 amide bonds. The SMILES string of the molecule is COc1ccc(C2CC(=C(F)B3OC(C)(C)C(C)(C)O3)C2)cc1. The molecule has 0 aromatic heterocycles. The van der Waals surface area contributed by atoms with E-state index in [4.69, 9.17) is 14.0 Å². The van der Waals surface area contributed by atoms with E-state index in [-0.39, 0.29) is 5.73 Å². The highest BCUT2D eigenvalue weighted by atomic mass is 19.1. The Hall–Kier alpha value is -1.33. The lowest BCUT2D eigenvalue weighted by atomic mass is 9.70. The van der Waals surface area contributed by atoms with Gasteiger partial charge in [0.05, 0.1) is 18.3 Å². The fourth-order valence-corrected chi connectivity index (χ4v) is 2.96. The summed E-state index contributed by atoms with van der Waals surface area (Å²) >= 11 is 0. The molecule has 1 saturated carbocycles. The Labute approximate surface area is 138 Å². The molecule has 23 heavy (non-hydrogen) atoms. The third kappa shape index (κ3) is 2.92. The van der Waals surface area contributed by atoms with Crippen LogP contribution in [0.1, 0.15) is 52.0 Å². The number of halogens is 1. The summed E-state index contributed by atoms with van der Waals surface area (Å²) in [6.45, 7) is 7.75. The first kappa shape index (κ1) is 16.5. The Balaban J connectivity index is 1.66. The van der Waals surface area contributed by atoms with Crippen molar-refractivity contribution in [2.24, 2.45) is 0 Å². The van der Waals surface area contributed by atoms with Gasteiger partial charge >= 0.3 is 7.12 Å². The molecule has 2 aliphatic rings. The average Bonchev–Trinajstić information content (AvgIpc) is 2.66. The molecule has 5 heteroatoms. The maximum atomic E-state index is 14.7. The molecule has 3 rings (SSSR count). The fraction of sp³-hybridized carbons (Fsp3) is 0.556. The Bertz CT molecular complexity index is 598. The van der Waals surface area contributed by atoms with Gasteiger partial charge in [-0.25, -0.2) is 4.39 Å². The van der Waals surface area contributed by atoms with Gasteiger partial charge in [-0.15, -0.1) is 0 Å². The van der Waals surface area contributed by atoms with E-state index in [1.807, 2.05) is 52.0 Å². The molecule has 2 fully saturated rings. The number of methoxy groups -OCH3 is 1. The van der Waals surface area contributed by atoms with E-state index in [1.54, 1.807) is 7.11 Å². The molecule has 1 heterocycles. The number of benzene rings is 1. The lowest BCUT2D eigenvalue weighted by Crippen LogP contribution is -2.41. The van der Waals surface area contributed by atoms with Gasteiger partial charge in [-0.3, -0.25) is 0 Å². The number of hydrogen-bond donors (Lipinski definition) is 0. The van der Waals surface area contributed by atoms with E-state index in [0.717, 1.165) is 24.2 Å². The Morgan fingerprint density at radius 1 is 1.09 bits per heavy atom. The molecule has 0 atom stereocenters. The van der Waals surface area contributed by atoms with E-state index < -0.39 is 18.3 Å². The third-order valence-electron chi connectivity index (χ3n) is 5.37. The van der Waals surface area contributed by atoms with Gasteiger partial charge in [0, 0.05) is 0 Å². The van der Waals surface area contributed by atoms with Crippen LogP contribution in [-0.4, -0.2) is 25.4 Å². The predicted octanol–water partition coefficient (Wildman–Crippen LogP) is 4.43. The van der Waals surface area contributed by atoms with Crippen LogP contribution in [0.4, 0.5) is 4.39 Å². The molecule has 0 radical (unpaired) electrons. The van der Waals surface area contributed by atoms with Gasteiger partial charge in [0.2, 0.25) is 0 Å². The van der Waals surface area contributed by atoms with Crippen LogP contribution < -0.4 is 4.74 Å². The topological polar surface area (TPSA) is 27.7 Å². The maximum absolute atomic E-state index is 14.7. The van der Waals surface area contributed by atoms with Crippen LogP contribution in [0.15, 0.2) is 35.6 Å². The van der Waals surface area contributed by atoms with Gasteiger partial charge in [0.1, 0.15) is 11.5 Å². The first-order chi connectivity index (χ1) is 10.7. The second kappa shape index (κ2) is 5.64. The summed E-state index contributed by atoms with van der Waals surface area (Å²) in [6.07, 6.45) is 1.45. The summed E-state index contributed by atoms with van der Waals surface area (Å²) in [7, 11) is 0.783. The minimum atomic E-state index is -0.869. The summed E-state index contributed by atoms with van der Waals surface area (Å²) in [5.74, 6) is 1.20. The predicted molar refractivity (Wildman–Crippen MR) is 89.2 cm³/mol. The second-order valence-corrected chi connectivity index (χ2v) is 7.42. The van der Waals surface area contributed by atoms with E-state index in [9.17, 15) is 4.39 Å². The summed E-state index contributed by atoms with van der Waals surface area (Å²) in [5.41, 5.74) is 0.776. The van der Waals surface area contributed by atoms with Crippen molar-refractivity contribution in [1.29, 1.82) is 0 Å². The third-order valence-corrected chi connectivity index (χ3v) is 5.37. The molecule has 1 aliphatic heterocycles. The van der Waals surface area contributed by atoms with E-state index in [0.29, 0.717) is 5.92 Å². The second-order valence-electron chi connectivity index (χ2n) is 7.42. The average molecular weight is 318 g/mol. The zero-order valence-corrected chi connectivity index (χ0v) is 14.5. The van der Waals surface area contributed by atoms with Crippen molar-refractivity contribution in [3.05, 3.63) is 41.1 Å². The van der Waals surface area contributed by atoms with E-state index >= 15 is 0 Å². The first-order valence-corrected chi connectivity index (χ1v) is 8.10. The standard InChI is InChI=1S/C18H24BFO3/c1-17(2)18(3,4)23-19(22-17)16(20)14-10-13(11-14)12-6-8-15(21-5)9-7-12/h6-9,13H,10-11H2,1-5H3. The molecule has 3 nitrogen and oxygen atoms in total. The lowest BCUT2D eigenvalue weighted by Gasteiger charge is -2.32. The zero-order valence-electron chi connectivity index (χ0n) is 14.5. The van der Waals surface area contributed by atoms with Gasteiger partial charge in [-0.05, 0) is 69.7 Å². The highest BCUT2D eigenvalue weighted by Gasteiger charge is 2.54. The molecule has 0 N–H and O–H groups in total. The molecule has 0 unspecified atom stereocenters. The van der Waals surface area contributed by atoms with Crippen molar-refractivity contribution in [1.82, 2.24) is 0 Å². The Morgan fingerprint density at radius 3 is 2.09 bits per heavy atom. The van der Waals surface area contributed by atoms with Crippen LogP contribution in [0.5, 0.6) is 5.75 Å². The van der Waals surface area contributed by atoms with Crippen LogP contribution in [0, 0.1) is 0 Å². The number of rotatable bonds is 3. The summed E-state index contributed by atoms with van der Waals surface area (Å²) in [5, 5.41) is 0. The molecule has 1 saturated heterocycles. The van der Waals surface area contributed by atoms with Gasteiger partial charge < -0.3 is 14.0 Å². The molecule has 124 valence electrons. The van der Waals surface area contributed by atoms with Gasteiger partial charge in [-0.2, -0.15) is 0 Å². The number of allylic oxidation sites excluding steroid dienone is 1. The van der Waals surface area contributed by atoms with Gasteiger partial charge in [0.15, 0.2) is 0 Å². The van der Waals surface area contributed by atoms with Crippen LogP contribution >= 0.6 is 0 Å².